The maximum atomic E-state index is 13.2. The number of esters is 2. The number of hydrogen-bond acceptors (Lipinski definition) is 6. The number of aliphatic hydroxyl groups excluding tert-OH is 1. The summed E-state index contributed by atoms with van der Waals surface area (Å²) in [6.45, 7) is 14.5. The Balaban J connectivity index is 0.000000907. The number of rotatable bonds is 3. The van der Waals surface area contributed by atoms with E-state index in [1.807, 2.05) is 27.7 Å². The minimum atomic E-state index is -0.618. The second kappa shape index (κ2) is 11.2. The van der Waals surface area contributed by atoms with Crippen molar-refractivity contribution in [2.45, 2.75) is 118 Å². The van der Waals surface area contributed by atoms with E-state index >= 15 is 0 Å². The Morgan fingerprint density at radius 1 is 1.14 bits per heavy atom. The normalized spacial score (nSPS) is 43.6. The third-order valence-electron chi connectivity index (χ3n) is 10.9. The van der Waals surface area contributed by atoms with Gasteiger partial charge in [-0.3, -0.25) is 14.4 Å². The van der Waals surface area contributed by atoms with Crippen molar-refractivity contribution in [2.24, 2.45) is 40.4 Å². The van der Waals surface area contributed by atoms with Crippen LogP contribution < -0.4 is 0 Å². The molecule has 1 aliphatic heterocycles. The number of hydrogen-bond donors (Lipinski definition) is 1. The SMILES string of the molecule is CC.CC.CCC1CC2C3C([C@H](O)C[C@]2(C)[C@]12CCC(=O)O2)[C@@]1(CC)CCC(=O)C=C1C[C@H]3C(=O)OC. The number of allylic oxidation sites excluding steroid dienone is 1. The maximum Gasteiger partial charge on any atom is 0.309 e. The predicted molar refractivity (Wildman–Crippen MR) is 144 cm³/mol. The van der Waals surface area contributed by atoms with Crippen LogP contribution in [0.1, 0.15) is 106 Å². The second-order valence-electron chi connectivity index (χ2n) is 11.6. The van der Waals surface area contributed by atoms with Gasteiger partial charge in [0.05, 0.1) is 19.1 Å². The molecule has 1 spiro atoms. The number of methoxy groups -OCH3 is 1. The van der Waals surface area contributed by atoms with E-state index < -0.39 is 11.7 Å². The van der Waals surface area contributed by atoms with Crippen molar-refractivity contribution in [1.29, 1.82) is 0 Å². The molecule has 210 valence electrons. The highest BCUT2D eigenvalue weighted by molar-refractivity contribution is 5.92. The highest BCUT2D eigenvalue weighted by atomic mass is 16.6. The molecule has 0 radical (unpaired) electrons. The third-order valence-corrected chi connectivity index (χ3v) is 10.9. The van der Waals surface area contributed by atoms with Crippen LogP contribution in [0.4, 0.5) is 0 Å². The first-order valence-corrected chi connectivity index (χ1v) is 14.9. The van der Waals surface area contributed by atoms with Gasteiger partial charge in [0.15, 0.2) is 5.78 Å². The molecular weight excluding hydrogens is 468 g/mol. The summed E-state index contributed by atoms with van der Waals surface area (Å²) in [7, 11) is 1.43. The lowest BCUT2D eigenvalue weighted by Crippen LogP contribution is -2.63. The van der Waals surface area contributed by atoms with Gasteiger partial charge in [-0.2, -0.15) is 0 Å². The fraction of sp³-hybridized carbons (Fsp3) is 0.839. The zero-order valence-corrected chi connectivity index (χ0v) is 24.4. The Hall–Kier alpha value is -1.69. The standard InChI is InChI=1S/C27H38O6.2C2H6/c1-5-15-13-19-22-18(24(31)32-4)12-16-11-17(28)7-9-26(16,6-2)23(22)20(29)14-25(19,3)27(15)10-8-21(30)33-27;2*1-2/h11,15,18-20,22-23,29H,5-10,12-14H2,1-4H3;2*1-2H3/t15?,18-,19?,20-,22?,23?,25+,26+,27+;;/m1../s1. The summed E-state index contributed by atoms with van der Waals surface area (Å²) in [5.74, 6) is -0.412. The molecule has 0 amide bonds. The van der Waals surface area contributed by atoms with E-state index in [9.17, 15) is 19.5 Å². The van der Waals surface area contributed by atoms with Gasteiger partial charge in [0.1, 0.15) is 5.60 Å². The van der Waals surface area contributed by atoms with Crippen LogP contribution in [0.15, 0.2) is 11.6 Å². The molecule has 0 aromatic rings. The van der Waals surface area contributed by atoms with Crippen LogP contribution >= 0.6 is 0 Å². The minimum Gasteiger partial charge on any atom is -0.469 e. The molecule has 4 fully saturated rings. The van der Waals surface area contributed by atoms with Crippen molar-refractivity contribution in [2.75, 3.05) is 7.11 Å². The fourth-order valence-corrected chi connectivity index (χ4v) is 9.52. The minimum absolute atomic E-state index is 0.0516. The number of ether oxygens (including phenoxy) is 2. The first-order valence-electron chi connectivity index (χ1n) is 14.9. The smallest absolute Gasteiger partial charge is 0.309 e. The third kappa shape index (κ3) is 4.20. The average molecular weight is 519 g/mol. The Morgan fingerprint density at radius 2 is 1.81 bits per heavy atom. The summed E-state index contributed by atoms with van der Waals surface area (Å²) < 4.78 is 11.5. The molecule has 1 heterocycles. The van der Waals surface area contributed by atoms with Crippen LogP contribution in [0.25, 0.3) is 0 Å². The Labute approximate surface area is 223 Å². The van der Waals surface area contributed by atoms with Gasteiger partial charge in [-0.05, 0) is 80.1 Å². The summed E-state index contributed by atoms with van der Waals surface area (Å²) in [6, 6.07) is 0. The van der Waals surface area contributed by atoms with Crippen molar-refractivity contribution in [3.63, 3.8) is 0 Å². The second-order valence-corrected chi connectivity index (χ2v) is 11.6. The molecule has 5 aliphatic rings. The maximum absolute atomic E-state index is 13.2. The molecule has 6 heteroatoms. The largest absolute Gasteiger partial charge is 0.469 e. The summed E-state index contributed by atoms with van der Waals surface area (Å²) in [6.07, 6.45) is 7.26. The molecular formula is C31H50O6. The van der Waals surface area contributed by atoms with Gasteiger partial charge in [0.2, 0.25) is 0 Å². The molecule has 9 atom stereocenters. The number of carbonyl (C=O) groups excluding carboxylic acids is 3. The zero-order valence-electron chi connectivity index (χ0n) is 24.4. The van der Waals surface area contributed by atoms with Crippen LogP contribution in [0.5, 0.6) is 0 Å². The molecule has 0 aromatic heterocycles. The monoisotopic (exact) mass is 518 g/mol. The van der Waals surface area contributed by atoms with Crippen LogP contribution in [-0.2, 0) is 23.9 Å². The van der Waals surface area contributed by atoms with Crippen molar-refractivity contribution in [1.82, 2.24) is 0 Å². The fourth-order valence-electron chi connectivity index (χ4n) is 9.52. The lowest BCUT2D eigenvalue weighted by molar-refractivity contribution is -0.203. The molecule has 37 heavy (non-hydrogen) atoms. The quantitative estimate of drug-likeness (QED) is 0.458. The molecule has 5 rings (SSSR count). The lowest BCUT2D eigenvalue weighted by atomic mass is 9.42. The number of carbonyl (C=O) groups is 3. The van der Waals surface area contributed by atoms with E-state index in [2.05, 4.69) is 20.8 Å². The molecule has 6 nitrogen and oxygen atoms in total. The Bertz CT molecular complexity index is 909. The number of aliphatic hydroxyl groups is 1. The van der Waals surface area contributed by atoms with Crippen molar-refractivity contribution < 1.29 is 29.0 Å². The Kier molecular flexibility index (Phi) is 9.04. The van der Waals surface area contributed by atoms with Crippen LogP contribution in [0.2, 0.25) is 0 Å². The van der Waals surface area contributed by atoms with Crippen molar-refractivity contribution >= 4 is 17.7 Å². The van der Waals surface area contributed by atoms with E-state index in [0.29, 0.717) is 32.1 Å². The van der Waals surface area contributed by atoms with E-state index in [1.165, 1.54) is 7.11 Å². The van der Waals surface area contributed by atoms with Gasteiger partial charge in [-0.1, -0.05) is 54.0 Å². The van der Waals surface area contributed by atoms with Crippen LogP contribution in [-0.4, -0.2) is 41.6 Å². The summed E-state index contributed by atoms with van der Waals surface area (Å²) in [5, 5.41) is 11.9. The van der Waals surface area contributed by atoms with Gasteiger partial charge in [-0.15, -0.1) is 0 Å². The van der Waals surface area contributed by atoms with Gasteiger partial charge in [0, 0.05) is 18.3 Å². The summed E-state index contributed by atoms with van der Waals surface area (Å²) >= 11 is 0. The van der Waals surface area contributed by atoms with Crippen LogP contribution in [0, 0.1) is 40.4 Å². The number of fused-ring (bicyclic) bond motifs is 6. The van der Waals surface area contributed by atoms with E-state index in [-0.39, 0.29) is 58.1 Å². The van der Waals surface area contributed by atoms with Gasteiger partial charge >= 0.3 is 11.9 Å². The Morgan fingerprint density at radius 3 is 2.35 bits per heavy atom. The molecule has 0 bridgehead atoms. The molecule has 3 saturated carbocycles. The van der Waals surface area contributed by atoms with Gasteiger partial charge in [-0.25, -0.2) is 0 Å². The molecule has 0 aromatic carbocycles. The average Bonchev–Trinajstić information content (AvgIpc) is 3.42. The van der Waals surface area contributed by atoms with Crippen LogP contribution in [0.3, 0.4) is 0 Å². The van der Waals surface area contributed by atoms with Gasteiger partial charge < -0.3 is 14.6 Å². The molecule has 1 saturated heterocycles. The first kappa shape index (κ1) is 29.9. The molecule has 1 N–H and O–H groups in total. The molecule has 4 unspecified atom stereocenters. The lowest BCUT2D eigenvalue weighted by Gasteiger charge is -2.63. The number of ketones is 1. The highest BCUT2D eigenvalue weighted by Gasteiger charge is 2.73. The highest BCUT2D eigenvalue weighted by Crippen LogP contribution is 2.72. The van der Waals surface area contributed by atoms with E-state index in [4.69, 9.17) is 9.47 Å². The zero-order chi connectivity index (χ0) is 27.8. The predicted octanol–water partition coefficient (Wildman–Crippen LogP) is 6.04. The van der Waals surface area contributed by atoms with Crippen molar-refractivity contribution in [3.05, 3.63) is 11.6 Å². The first-order chi connectivity index (χ1) is 17.7. The van der Waals surface area contributed by atoms with Gasteiger partial charge in [0.25, 0.3) is 0 Å². The molecule has 4 aliphatic carbocycles. The topological polar surface area (TPSA) is 89.9 Å². The van der Waals surface area contributed by atoms with E-state index in [1.54, 1.807) is 6.08 Å². The van der Waals surface area contributed by atoms with E-state index in [0.717, 1.165) is 31.3 Å². The van der Waals surface area contributed by atoms with Crippen molar-refractivity contribution in [3.8, 4) is 0 Å². The summed E-state index contributed by atoms with van der Waals surface area (Å²) in [5.41, 5.74) is -0.164. The summed E-state index contributed by atoms with van der Waals surface area (Å²) in [4.78, 5) is 37.9.